The van der Waals surface area contributed by atoms with E-state index < -0.39 is 18.2 Å². The number of aliphatic hydroxyl groups is 3. The zero-order valence-corrected chi connectivity index (χ0v) is 50.3. The molecule has 1 amide bonds. The molecule has 0 saturated carbocycles. The van der Waals surface area contributed by atoms with E-state index in [4.69, 9.17) is 0 Å². The monoisotopic (exact) mass is 1030 g/mol. The average molecular weight is 1030 g/mol. The van der Waals surface area contributed by atoms with Crippen LogP contribution in [0.3, 0.4) is 0 Å². The molecule has 0 aliphatic rings. The van der Waals surface area contributed by atoms with E-state index in [-0.39, 0.29) is 12.5 Å². The van der Waals surface area contributed by atoms with Gasteiger partial charge in [0, 0.05) is 6.42 Å². The smallest absolute Gasteiger partial charge is 0.220 e. The van der Waals surface area contributed by atoms with Gasteiger partial charge in [0.05, 0.1) is 18.8 Å². The highest BCUT2D eigenvalue weighted by Gasteiger charge is 2.26. The van der Waals surface area contributed by atoms with Gasteiger partial charge in [0.25, 0.3) is 0 Å². The summed E-state index contributed by atoms with van der Waals surface area (Å²) in [5.74, 6) is -0.134. The van der Waals surface area contributed by atoms with E-state index in [9.17, 15) is 20.1 Å². The topological polar surface area (TPSA) is 89.8 Å². The van der Waals surface area contributed by atoms with E-state index in [1.54, 1.807) is 0 Å². The minimum absolute atomic E-state index is 0.134. The highest BCUT2D eigenvalue weighted by Crippen LogP contribution is 2.20. The molecule has 0 aromatic heterocycles. The Hall–Kier alpha value is -0.650. The summed E-state index contributed by atoms with van der Waals surface area (Å²) in [6, 6.07) is -0.805. The highest BCUT2D eigenvalue weighted by molar-refractivity contribution is 5.76. The normalized spacial score (nSPS) is 13.0. The largest absolute Gasteiger partial charge is 0.394 e. The number of hydrogen-bond donors (Lipinski definition) is 4. The molecular weight excluding hydrogens is 895 g/mol. The lowest BCUT2D eigenvalue weighted by atomic mass is 9.99. The molecule has 0 radical (unpaired) electrons. The van der Waals surface area contributed by atoms with Gasteiger partial charge in [0.1, 0.15) is 6.10 Å². The van der Waals surface area contributed by atoms with Gasteiger partial charge in [-0.15, -0.1) is 0 Å². The Labute approximate surface area is 459 Å². The molecule has 4 N–H and O–H groups in total. The maximum atomic E-state index is 12.6. The molecule has 0 rings (SSSR count). The molecule has 73 heavy (non-hydrogen) atoms. The standard InChI is InChI=1S/C68H137NO4/c1-3-5-7-9-11-13-15-17-19-21-23-25-26-27-28-29-30-31-32-33-34-35-36-37-38-39-40-41-42-43-45-47-49-51-53-55-57-59-61-63-67(72)69-65(64-70)68(73)66(71)62-60-58-56-54-52-50-48-46-44-24-22-20-18-16-14-12-10-8-6-4-2/h65-66,68,70-71,73H,3-64H2,1-2H3,(H,69,72). The van der Waals surface area contributed by atoms with Crippen LogP contribution in [0.25, 0.3) is 0 Å². The van der Waals surface area contributed by atoms with Gasteiger partial charge in [0.2, 0.25) is 5.91 Å². The summed E-state index contributed by atoms with van der Waals surface area (Å²) in [5, 5.41) is 33.9. The third kappa shape index (κ3) is 58.9. The van der Waals surface area contributed by atoms with E-state index in [2.05, 4.69) is 19.2 Å². The fourth-order valence-corrected chi connectivity index (χ4v) is 11.5. The van der Waals surface area contributed by atoms with Crippen molar-refractivity contribution < 1.29 is 20.1 Å². The molecule has 0 aromatic rings. The first-order valence-corrected chi connectivity index (χ1v) is 34.3. The number of nitrogens with one attached hydrogen (secondary N) is 1. The van der Waals surface area contributed by atoms with E-state index in [0.29, 0.717) is 12.8 Å². The Bertz CT molecular complexity index is 1010. The number of unbranched alkanes of at least 4 members (excludes halogenated alkanes) is 57. The number of rotatable bonds is 65. The molecule has 0 fully saturated rings. The quantitative estimate of drug-likeness (QED) is 0.0457. The molecule has 3 atom stereocenters. The predicted molar refractivity (Wildman–Crippen MR) is 324 cm³/mol. The Morgan fingerprint density at radius 3 is 0.658 bits per heavy atom. The number of aliphatic hydroxyl groups excluding tert-OH is 3. The van der Waals surface area contributed by atoms with Crippen LogP contribution in [0, 0.1) is 0 Å². The van der Waals surface area contributed by atoms with Gasteiger partial charge in [-0.25, -0.2) is 0 Å². The summed E-state index contributed by atoms with van der Waals surface area (Å²) in [6.45, 7) is 4.24. The highest BCUT2D eigenvalue weighted by atomic mass is 16.3. The van der Waals surface area contributed by atoms with Crippen LogP contribution in [0.15, 0.2) is 0 Å². The fraction of sp³-hybridized carbons (Fsp3) is 0.985. The molecule has 0 spiro atoms. The van der Waals surface area contributed by atoms with E-state index in [1.807, 2.05) is 0 Å². The van der Waals surface area contributed by atoms with E-state index in [1.165, 1.54) is 347 Å². The van der Waals surface area contributed by atoms with Gasteiger partial charge in [-0.2, -0.15) is 0 Å². The number of hydrogen-bond acceptors (Lipinski definition) is 4. The molecule has 3 unspecified atom stereocenters. The van der Waals surface area contributed by atoms with Crippen molar-refractivity contribution in [3.8, 4) is 0 Å². The number of amides is 1. The van der Waals surface area contributed by atoms with Crippen LogP contribution < -0.4 is 5.32 Å². The van der Waals surface area contributed by atoms with Crippen molar-refractivity contribution in [2.75, 3.05) is 6.61 Å². The summed E-state index contributed by atoms with van der Waals surface area (Å²) in [4.78, 5) is 12.6. The zero-order valence-electron chi connectivity index (χ0n) is 50.3. The van der Waals surface area contributed by atoms with E-state index >= 15 is 0 Å². The van der Waals surface area contributed by atoms with Crippen molar-refractivity contribution >= 4 is 5.91 Å². The van der Waals surface area contributed by atoms with Crippen molar-refractivity contribution in [1.29, 1.82) is 0 Å². The Morgan fingerprint density at radius 2 is 0.466 bits per heavy atom. The van der Waals surface area contributed by atoms with Crippen LogP contribution in [0.5, 0.6) is 0 Å². The van der Waals surface area contributed by atoms with Crippen LogP contribution in [0.4, 0.5) is 0 Å². The van der Waals surface area contributed by atoms with Crippen molar-refractivity contribution in [2.45, 2.75) is 424 Å². The van der Waals surface area contributed by atoms with Gasteiger partial charge in [-0.3, -0.25) is 4.79 Å². The van der Waals surface area contributed by atoms with Gasteiger partial charge in [-0.1, -0.05) is 386 Å². The predicted octanol–water partition coefficient (Wildman–Crippen LogP) is 22.0. The molecule has 0 saturated heterocycles. The van der Waals surface area contributed by atoms with Gasteiger partial charge < -0.3 is 20.6 Å². The minimum atomic E-state index is -1.13. The molecular formula is C68H137NO4. The molecule has 438 valence electrons. The number of carbonyl (C=O) groups is 1. The summed E-state index contributed by atoms with van der Waals surface area (Å²) in [6.07, 6.45) is 80.4. The van der Waals surface area contributed by atoms with Crippen LogP contribution in [-0.2, 0) is 4.79 Å². The Morgan fingerprint density at radius 1 is 0.288 bits per heavy atom. The molecule has 5 heteroatoms. The van der Waals surface area contributed by atoms with Crippen LogP contribution in [-0.4, -0.2) is 46.1 Å². The number of carbonyl (C=O) groups excluding carboxylic acids is 1. The first kappa shape index (κ1) is 72.3. The average Bonchev–Trinajstić information content (AvgIpc) is 3.40. The molecule has 0 aliphatic carbocycles. The van der Waals surface area contributed by atoms with E-state index in [0.717, 1.165) is 32.1 Å². The van der Waals surface area contributed by atoms with Gasteiger partial charge in [0.15, 0.2) is 0 Å². The van der Waals surface area contributed by atoms with Crippen molar-refractivity contribution in [3.63, 3.8) is 0 Å². The molecule has 0 aromatic carbocycles. The minimum Gasteiger partial charge on any atom is -0.394 e. The maximum absolute atomic E-state index is 12.6. The Balaban J connectivity index is 3.39. The van der Waals surface area contributed by atoms with Crippen LogP contribution in [0.2, 0.25) is 0 Å². The zero-order chi connectivity index (χ0) is 52.9. The lowest BCUT2D eigenvalue weighted by Gasteiger charge is -2.26. The van der Waals surface area contributed by atoms with Crippen molar-refractivity contribution in [3.05, 3.63) is 0 Å². The first-order valence-electron chi connectivity index (χ1n) is 34.3. The summed E-state index contributed by atoms with van der Waals surface area (Å²) in [7, 11) is 0. The third-order valence-corrected chi connectivity index (χ3v) is 16.7. The lowest BCUT2D eigenvalue weighted by molar-refractivity contribution is -0.124. The maximum Gasteiger partial charge on any atom is 0.220 e. The SMILES string of the molecule is CCCCCCCCCCCCCCCCCCCCCCCCCCCCCCCCCCCCCCCCCC(=O)NC(CO)C(O)C(O)CCCCCCCCCCCCCCCCCCCCCC. The summed E-state index contributed by atoms with van der Waals surface area (Å²) >= 11 is 0. The summed E-state index contributed by atoms with van der Waals surface area (Å²) in [5.41, 5.74) is 0. The summed E-state index contributed by atoms with van der Waals surface area (Å²) < 4.78 is 0. The molecule has 0 heterocycles. The fourth-order valence-electron chi connectivity index (χ4n) is 11.5. The van der Waals surface area contributed by atoms with Crippen molar-refractivity contribution in [1.82, 2.24) is 5.32 Å². The lowest BCUT2D eigenvalue weighted by Crippen LogP contribution is -2.50. The van der Waals surface area contributed by atoms with Crippen LogP contribution >= 0.6 is 0 Å². The Kier molecular flexibility index (Phi) is 63.3. The first-order chi connectivity index (χ1) is 36.1. The third-order valence-electron chi connectivity index (χ3n) is 16.7. The van der Waals surface area contributed by atoms with Crippen molar-refractivity contribution in [2.24, 2.45) is 0 Å². The second-order valence-electron chi connectivity index (χ2n) is 24.1. The van der Waals surface area contributed by atoms with Gasteiger partial charge in [-0.05, 0) is 12.8 Å². The molecule has 0 aliphatic heterocycles. The molecule has 5 nitrogen and oxygen atoms in total. The second kappa shape index (κ2) is 63.9. The van der Waals surface area contributed by atoms with Gasteiger partial charge >= 0.3 is 0 Å². The second-order valence-corrected chi connectivity index (χ2v) is 24.1. The van der Waals surface area contributed by atoms with Crippen LogP contribution in [0.1, 0.15) is 406 Å². The molecule has 0 bridgehead atoms.